The first kappa shape index (κ1) is 12.1. The van der Waals surface area contributed by atoms with Crippen molar-refractivity contribution < 1.29 is 5.11 Å². The Morgan fingerprint density at radius 2 is 2.12 bits per heavy atom. The molecule has 86 valence electrons. The molecule has 2 unspecified atom stereocenters. The SMILES string of the molecule is NCC(c1cccs1)C(O)c1sccc1Cl. The molecule has 0 aliphatic rings. The Hall–Kier alpha value is -0.390. The van der Waals surface area contributed by atoms with Crippen LogP contribution in [0.5, 0.6) is 0 Å². The van der Waals surface area contributed by atoms with E-state index in [0.717, 1.165) is 9.75 Å². The van der Waals surface area contributed by atoms with Gasteiger partial charge in [0.1, 0.15) is 0 Å². The molecule has 2 atom stereocenters. The number of aliphatic hydroxyl groups excluding tert-OH is 1. The first-order chi connectivity index (χ1) is 7.74. The van der Waals surface area contributed by atoms with Crippen molar-refractivity contribution in [3.05, 3.63) is 43.7 Å². The van der Waals surface area contributed by atoms with Crippen LogP contribution in [0.15, 0.2) is 29.0 Å². The summed E-state index contributed by atoms with van der Waals surface area (Å²) in [4.78, 5) is 1.89. The molecule has 0 aromatic carbocycles. The molecule has 0 aliphatic heterocycles. The third-order valence-electron chi connectivity index (χ3n) is 2.46. The molecule has 2 aromatic heterocycles. The van der Waals surface area contributed by atoms with Gasteiger partial charge in [0, 0.05) is 17.3 Å². The van der Waals surface area contributed by atoms with Gasteiger partial charge in [-0.1, -0.05) is 17.7 Å². The lowest BCUT2D eigenvalue weighted by atomic mass is 9.99. The summed E-state index contributed by atoms with van der Waals surface area (Å²) in [6.45, 7) is 0.413. The van der Waals surface area contributed by atoms with E-state index in [2.05, 4.69) is 0 Å². The minimum atomic E-state index is -0.615. The second-order valence-corrected chi connectivity index (χ2v) is 5.77. The molecule has 0 spiro atoms. The van der Waals surface area contributed by atoms with Gasteiger partial charge in [0.2, 0.25) is 0 Å². The van der Waals surface area contributed by atoms with Crippen LogP contribution >= 0.6 is 34.3 Å². The minimum Gasteiger partial charge on any atom is -0.387 e. The Morgan fingerprint density at radius 1 is 1.31 bits per heavy atom. The summed E-state index contributed by atoms with van der Waals surface area (Å²) >= 11 is 9.08. The van der Waals surface area contributed by atoms with Crippen LogP contribution in [0.2, 0.25) is 5.02 Å². The summed E-state index contributed by atoms with van der Waals surface area (Å²) in [6, 6.07) is 5.76. The van der Waals surface area contributed by atoms with Crippen LogP contribution in [-0.4, -0.2) is 11.7 Å². The lowest BCUT2D eigenvalue weighted by Gasteiger charge is -2.19. The zero-order valence-electron chi connectivity index (χ0n) is 8.47. The Kier molecular flexibility index (Phi) is 4.00. The molecule has 3 N–H and O–H groups in total. The molecule has 2 nitrogen and oxygen atoms in total. The van der Waals surface area contributed by atoms with Gasteiger partial charge in [-0.05, 0) is 22.9 Å². The summed E-state index contributed by atoms with van der Waals surface area (Å²) in [5.74, 6) is -0.0730. The topological polar surface area (TPSA) is 46.2 Å². The van der Waals surface area contributed by atoms with E-state index < -0.39 is 6.10 Å². The van der Waals surface area contributed by atoms with Crippen LogP contribution in [0.4, 0.5) is 0 Å². The van der Waals surface area contributed by atoms with Gasteiger partial charge in [-0.3, -0.25) is 0 Å². The lowest BCUT2D eigenvalue weighted by Crippen LogP contribution is -2.18. The van der Waals surface area contributed by atoms with E-state index >= 15 is 0 Å². The molecule has 0 aliphatic carbocycles. The van der Waals surface area contributed by atoms with Crippen molar-refractivity contribution in [1.29, 1.82) is 0 Å². The average Bonchev–Trinajstić information content (AvgIpc) is 2.90. The maximum Gasteiger partial charge on any atom is 0.0985 e. The van der Waals surface area contributed by atoms with Crippen LogP contribution < -0.4 is 5.73 Å². The van der Waals surface area contributed by atoms with Crippen LogP contribution in [0, 0.1) is 0 Å². The van der Waals surface area contributed by atoms with Gasteiger partial charge in [-0.15, -0.1) is 22.7 Å². The predicted molar refractivity (Wildman–Crippen MR) is 70.4 cm³/mol. The van der Waals surface area contributed by atoms with Crippen molar-refractivity contribution >= 4 is 34.3 Å². The summed E-state index contributed by atoms with van der Waals surface area (Å²) < 4.78 is 0. The van der Waals surface area contributed by atoms with E-state index in [9.17, 15) is 5.11 Å². The highest BCUT2D eigenvalue weighted by molar-refractivity contribution is 7.11. The Balaban J connectivity index is 2.26. The van der Waals surface area contributed by atoms with Gasteiger partial charge in [0.05, 0.1) is 16.0 Å². The van der Waals surface area contributed by atoms with E-state index in [-0.39, 0.29) is 5.92 Å². The molecule has 0 bridgehead atoms. The van der Waals surface area contributed by atoms with Crippen molar-refractivity contribution in [2.45, 2.75) is 12.0 Å². The zero-order chi connectivity index (χ0) is 11.5. The fourth-order valence-electron chi connectivity index (χ4n) is 1.60. The van der Waals surface area contributed by atoms with E-state index in [0.29, 0.717) is 11.6 Å². The van der Waals surface area contributed by atoms with Crippen molar-refractivity contribution in [3.8, 4) is 0 Å². The number of halogens is 1. The number of hydrogen-bond donors (Lipinski definition) is 2. The van der Waals surface area contributed by atoms with Crippen molar-refractivity contribution in [2.75, 3.05) is 6.54 Å². The second-order valence-electron chi connectivity index (χ2n) is 3.44. The number of thiophene rings is 2. The number of aliphatic hydroxyl groups is 1. The van der Waals surface area contributed by atoms with E-state index in [1.807, 2.05) is 22.9 Å². The summed E-state index contributed by atoms with van der Waals surface area (Å²) in [5.41, 5.74) is 5.73. The molecule has 2 heterocycles. The largest absolute Gasteiger partial charge is 0.387 e. The minimum absolute atomic E-state index is 0.0730. The third-order valence-corrected chi connectivity index (χ3v) is 4.89. The van der Waals surface area contributed by atoms with Gasteiger partial charge in [-0.25, -0.2) is 0 Å². The van der Waals surface area contributed by atoms with Gasteiger partial charge >= 0.3 is 0 Å². The quantitative estimate of drug-likeness (QED) is 0.898. The molecule has 0 saturated heterocycles. The fourth-order valence-corrected chi connectivity index (χ4v) is 3.69. The average molecular weight is 274 g/mol. The number of rotatable bonds is 4. The van der Waals surface area contributed by atoms with Crippen LogP contribution in [-0.2, 0) is 0 Å². The smallest absolute Gasteiger partial charge is 0.0985 e. The summed E-state index contributed by atoms with van der Waals surface area (Å²) in [5, 5.41) is 14.8. The highest BCUT2D eigenvalue weighted by Crippen LogP contribution is 2.38. The fraction of sp³-hybridized carbons (Fsp3) is 0.273. The molecule has 2 rings (SSSR count). The Morgan fingerprint density at radius 3 is 2.62 bits per heavy atom. The molecule has 16 heavy (non-hydrogen) atoms. The van der Waals surface area contributed by atoms with Gasteiger partial charge in [0.15, 0.2) is 0 Å². The normalized spacial score (nSPS) is 14.9. The van der Waals surface area contributed by atoms with Gasteiger partial charge in [0.25, 0.3) is 0 Å². The first-order valence-corrected chi connectivity index (χ1v) is 7.02. The van der Waals surface area contributed by atoms with Gasteiger partial charge < -0.3 is 10.8 Å². The maximum atomic E-state index is 10.3. The van der Waals surface area contributed by atoms with Crippen molar-refractivity contribution in [1.82, 2.24) is 0 Å². The van der Waals surface area contributed by atoms with Crippen LogP contribution in [0.25, 0.3) is 0 Å². The van der Waals surface area contributed by atoms with E-state index in [4.69, 9.17) is 17.3 Å². The maximum absolute atomic E-state index is 10.3. The molecule has 0 saturated carbocycles. The molecule has 0 fully saturated rings. The molecule has 2 aromatic rings. The van der Waals surface area contributed by atoms with Crippen molar-refractivity contribution in [3.63, 3.8) is 0 Å². The lowest BCUT2D eigenvalue weighted by molar-refractivity contribution is 0.152. The number of hydrogen-bond acceptors (Lipinski definition) is 4. The molecule has 0 radical (unpaired) electrons. The van der Waals surface area contributed by atoms with Crippen LogP contribution in [0.1, 0.15) is 21.8 Å². The monoisotopic (exact) mass is 273 g/mol. The third kappa shape index (κ3) is 2.31. The van der Waals surface area contributed by atoms with Crippen LogP contribution in [0.3, 0.4) is 0 Å². The van der Waals surface area contributed by atoms with E-state index in [1.165, 1.54) is 11.3 Å². The highest BCUT2D eigenvalue weighted by Gasteiger charge is 2.25. The molecule has 5 heteroatoms. The molecular weight excluding hydrogens is 262 g/mol. The van der Waals surface area contributed by atoms with E-state index in [1.54, 1.807) is 17.4 Å². The van der Waals surface area contributed by atoms with Gasteiger partial charge in [-0.2, -0.15) is 0 Å². The standard InChI is InChI=1S/C11H12ClNOS2/c12-8-3-5-16-11(8)10(14)7(6-13)9-2-1-4-15-9/h1-5,7,10,14H,6,13H2. The first-order valence-electron chi connectivity index (χ1n) is 4.88. The Bertz CT molecular complexity index is 441. The molecular formula is C11H12ClNOS2. The Labute approximate surface area is 107 Å². The highest BCUT2D eigenvalue weighted by atomic mass is 35.5. The number of nitrogens with two attached hydrogens (primary N) is 1. The predicted octanol–water partition coefficient (Wildman–Crippen LogP) is 3.24. The zero-order valence-corrected chi connectivity index (χ0v) is 10.9. The molecule has 0 amide bonds. The van der Waals surface area contributed by atoms with Crippen molar-refractivity contribution in [2.24, 2.45) is 5.73 Å². The summed E-state index contributed by atoms with van der Waals surface area (Å²) in [6.07, 6.45) is -0.615. The summed E-state index contributed by atoms with van der Waals surface area (Å²) in [7, 11) is 0. The second kappa shape index (κ2) is 5.29.